The first-order valence-corrected chi connectivity index (χ1v) is 4.79. The van der Waals surface area contributed by atoms with E-state index < -0.39 is 0 Å². The summed E-state index contributed by atoms with van der Waals surface area (Å²) in [5.41, 5.74) is 2.26. The molecule has 0 aromatic heterocycles. The Morgan fingerprint density at radius 1 is 0.923 bits per heavy atom. The van der Waals surface area contributed by atoms with Crippen molar-refractivity contribution in [2.75, 3.05) is 46.2 Å². The maximum atomic E-state index is 6.64. The molecule has 0 spiro atoms. The molecule has 13 heavy (non-hydrogen) atoms. The van der Waals surface area contributed by atoms with Crippen molar-refractivity contribution in [2.24, 2.45) is 5.73 Å². The molecule has 2 N–H and O–H groups in total. The molecule has 4 heteroatoms. The molecule has 0 bridgehead atoms. The van der Waals surface area contributed by atoms with Crippen LogP contribution in [-0.4, -0.2) is 46.2 Å². The third-order valence-electron chi connectivity index (χ3n) is 1.34. The second-order valence-corrected chi connectivity index (χ2v) is 2.59. The number of hydrogen-bond donors (Lipinski definition) is 1. The first kappa shape index (κ1) is 10.9. The predicted octanol–water partition coefficient (Wildman–Crippen LogP) is 0.405. The fourth-order valence-electron chi connectivity index (χ4n) is 0.758. The van der Waals surface area contributed by atoms with Gasteiger partial charge in [-0.25, -0.2) is 0 Å². The number of hydrogen-bond acceptors (Lipinski definition) is 4. The topological polar surface area (TPSA) is 53.7 Å². The molecule has 0 heterocycles. The molecule has 0 unspecified atom stereocenters. The lowest BCUT2D eigenvalue weighted by Gasteiger charge is -2.05. The normalized spacial score (nSPS) is 11.6. The summed E-state index contributed by atoms with van der Waals surface area (Å²) in [7, 11) is 0. The average molecular weight is 193 g/mol. The first-order valence-electron chi connectivity index (χ1n) is 5.29. The van der Waals surface area contributed by atoms with Crippen LogP contribution in [0.3, 0.4) is 0 Å². The smallest absolute Gasteiger partial charge is 0.118 e. The van der Waals surface area contributed by atoms with Crippen molar-refractivity contribution in [1.29, 1.82) is 0 Å². The van der Waals surface area contributed by atoms with E-state index in [9.17, 15) is 0 Å². The summed E-state index contributed by atoms with van der Waals surface area (Å²) < 4.78 is 22.3. The summed E-state index contributed by atoms with van der Waals surface area (Å²) in [6.07, 6.45) is 1.04. The van der Waals surface area contributed by atoms with Gasteiger partial charge >= 0.3 is 0 Å². The Morgan fingerprint density at radius 3 is 2.00 bits per heavy atom. The highest BCUT2D eigenvalue weighted by atomic mass is 16.5. The van der Waals surface area contributed by atoms with Crippen LogP contribution in [0.5, 0.6) is 0 Å². The van der Waals surface area contributed by atoms with Crippen LogP contribution in [0.1, 0.15) is 13.3 Å². The molecule has 0 saturated heterocycles. The largest absolute Gasteiger partial charge is 0.379 e. The molecule has 80 valence electrons. The summed E-state index contributed by atoms with van der Waals surface area (Å²) in [5.74, 6) is 0. The van der Waals surface area contributed by atoms with Crippen LogP contribution in [-0.2, 0) is 14.2 Å². The fraction of sp³-hybridized carbons (Fsp3) is 1.00. The Kier molecular flexibility index (Phi) is 9.94. The van der Waals surface area contributed by atoms with Crippen molar-refractivity contribution in [3.05, 3.63) is 0 Å². The van der Waals surface area contributed by atoms with Crippen molar-refractivity contribution in [3.8, 4) is 0 Å². The monoisotopic (exact) mass is 193 g/mol. The van der Waals surface area contributed by atoms with Gasteiger partial charge in [0.05, 0.1) is 33.0 Å². The summed E-state index contributed by atoms with van der Waals surface area (Å²) in [6.45, 7) is 6.44. The van der Waals surface area contributed by atoms with Gasteiger partial charge in [0.25, 0.3) is 0 Å². The third kappa shape index (κ3) is 11.8. The lowest BCUT2D eigenvalue weighted by Crippen LogP contribution is -2.13. The van der Waals surface area contributed by atoms with E-state index in [-0.39, 0.29) is 0 Å². The minimum absolute atomic E-state index is 0.555. The van der Waals surface area contributed by atoms with Crippen molar-refractivity contribution in [2.45, 2.75) is 13.3 Å². The summed E-state index contributed by atoms with van der Waals surface area (Å²) in [6, 6.07) is 0. The summed E-state index contributed by atoms with van der Waals surface area (Å²) >= 11 is 0. The Hall–Kier alpha value is -0.160. The van der Waals surface area contributed by atoms with Gasteiger partial charge in [0.2, 0.25) is 0 Å². The minimum atomic E-state index is 0.555. The summed E-state index contributed by atoms with van der Waals surface area (Å²) in [5, 5.41) is 0. The number of nitrogens with two attached hydrogens (primary N) is 1. The average Bonchev–Trinajstić information content (AvgIpc) is 2.21. The quantitative estimate of drug-likeness (QED) is 0.483. The van der Waals surface area contributed by atoms with Crippen LogP contribution in [0.4, 0.5) is 0 Å². The molecular weight excluding hydrogens is 170 g/mol. The molecule has 0 aliphatic rings. The number of rotatable bonds is 11. The zero-order chi connectivity index (χ0) is 10.5. The van der Waals surface area contributed by atoms with E-state index in [1.807, 2.05) is 0 Å². The van der Waals surface area contributed by atoms with Crippen molar-refractivity contribution in [1.82, 2.24) is 0 Å². The van der Waals surface area contributed by atoms with Crippen LogP contribution in [0, 0.1) is 0 Å². The number of ether oxygens (including phenoxy) is 3. The second kappa shape index (κ2) is 11.8. The van der Waals surface area contributed by atoms with Crippen molar-refractivity contribution < 1.29 is 15.6 Å². The van der Waals surface area contributed by atoms with Crippen LogP contribution in [0.2, 0.25) is 1.41 Å². The SMILES string of the molecule is [3H]NCCOCCOCCOCCC. The molecule has 0 aliphatic heterocycles. The second-order valence-electron chi connectivity index (χ2n) is 2.59. The van der Waals surface area contributed by atoms with Gasteiger partial charge in [-0.3, -0.25) is 0 Å². The van der Waals surface area contributed by atoms with E-state index in [0.29, 0.717) is 39.6 Å². The molecule has 0 fully saturated rings. The predicted molar refractivity (Wildman–Crippen MR) is 51.8 cm³/mol. The highest BCUT2D eigenvalue weighted by Crippen LogP contribution is 1.82. The van der Waals surface area contributed by atoms with Gasteiger partial charge in [-0.15, -0.1) is 0 Å². The zero-order valence-corrected chi connectivity index (χ0v) is 8.38. The maximum absolute atomic E-state index is 6.64. The highest BCUT2D eigenvalue weighted by molar-refractivity contribution is 4.34. The molecule has 0 radical (unpaired) electrons. The van der Waals surface area contributed by atoms with E-state index in [4.69, 9.17) is 15.6 Å². The van der Waals surface area contributed by atoms with Gasteiger partial charge in [0.1, 0.15) is 1.41 Å². The van der Waals surface area contributed by atoms with E-state index in [2.05, 4.69) is 12.7 Å². The van der Waals surface area contributed by atoms with Gasteiger partial charge in [0.15, 0.2) is 0 Å². The van der Waals surface area contributed by atoms with Crippen LogP contribution >= 0.6 is 0 Å². The molecule has 0 aromatic carbocycles. The van der Waals surface area contributed by atoms with Gasteiger partial charge in [-0.05, 0) is 6.42 Å². The highest BCUT2D eigenvalue weighted by Gasteiger charge is 1.89. The van der Waals surface area contributed by atoms with E-state index in [1.165, 1.54) is 0 Å². The Labute approximate surface area is 81.8 Å². The van der Waals surface area contributed by atoms with Crippen LogP contribution in [0.25, 0.3) is 0 Å². The molecule has 0 rings (SSSR count). The van der Waals surface area contributed by atoms with Crippen molar-refractivity contribution >= 4 is 0 Å². The van der Waals surface area contributed by atoms with Gasteiger partial charge in [-0.2, -0.15) is 0 Å². The lowest BCUT2D eigenvalue weighted by molar-refractivity contribution is 0.0161. The molecule has 0 aliphatic carbocycles. The molecule has 0 aromatic rings. The molecule has 0 atom stereocenters. The Morgan fingerprint density at radius 2 is 1.46 bits per heavy atom. The van der Waals surface area contributed by atoms with Gasteiger partial charge < -0.3 is 19.9 Å². The fourth-order valence-corrected chi connectivity index (χ4v) is 0.758. The van der Waals surface area contributed by atoms with E-state index in [0.717, 1.165) is 13.0 Å². The Bertz CT molecular complexity index is 94.1. The van der Waals surface area contributed by atoms with E-state index >= 15 is 0 Å². The molecule has 0 saturated carbocycles. The minimum Gasteiger partial charge on any atom is -0.379 e. The van der Waals surface area contributed by atoms with E-state index in [1.54, 1.807) is 0 Å². The van der Waals surface area contributed by atoms with Crippen LogP contribution in [0.15, 0.2) is 0 Å². The first-order chi connectivity index (χ1) is 6.91. The third-order valence-corrected chi connectivity index (χ3v) is 1.34. The standard InChI is InChI=1S/C9H21NO3/c1-2-4-11-6-8-13-9-7-12-5-3-10/h2-10H2,1H3/i/hT. The molecule has 4 nitrogen and oxygen atoms in total. The van der Waals surface area contributed by atoms with Crippen LogP contribution < -0.4 is 5.73 Å². The van der Waals surface area contributed by atoms with Gasteiger partial charge in [-0.1, -0.05) is 6.92 Å². The summed E-state index contributed by atoms with van der Waals surface area (Å²) in [4.78, 5) is 0. The molecular formula is C9H21NO3. The maximum Gasteiger partial charge on any atom is 0.118 e. The van der Waals surface area contributed by atoms with Crippen molar-refractivity contribution in [3.63, 3.8) is 0 Å². The Balaban J connectivity index is 2.78. The lowest BCUT2D eigenvalue weighted by atomic mass is 10.5. The zero-order valence-electron chi connectivity index (χ0n) is 9.38. The molecule has 0 amide bonds. The van der Waals surface area contributed by atoms with Gasteiger partial charge in [0, 0.05) is 13.2 Å².